The minimum atomic E-state index is -1.11. The topological polar surface area (TPSA) is 139 Å². The van der Waals surface area contributed by atoms with Gasteiger partial charge in [0.05, 0.1) is 24.1 Å². The Kier molecular flexibility index (Phi) is 3.72. The summed E-state index contributed by atoms with van der Waals surface area (Å²) in [5.74, 6) is -3.05. The SMILES string of the molecule is O=C(O)C[C@@H]1OCC=C2CN3CC[C@]45C6=CC(=O)C(=O)C([N+](=O)[O-])=C6N[C@H]4[C@H]1[C@H]2C[C@@H]35. The van der Waals surface area contributed by atoms with Crippen LogP contribution in [0.3, 0.4) is 0 Å². The molecule has 6 atom stereocenters. The lowest BCUT2D eigenvalue weighted by Gasteiger charge is -2.55. The fourth-order valence-electron chi connectivity index (χ4n) is 7.23. The molecular weight excluding hydrogens is 406 g/mol. The summed E-state index contributed by atoms with van der Waals surface area (Å²) in [6, 6.07) is -0.271. The van der Waals surface area contributed by atoms with E-state index in [2.05, 4.69) is 16.3 Å². The van der Waals surface area contributed by atoms with Crippen LogP contribution in [0.25, 0.3) is 0 Å². The van der Waals surface area contributed by atoms with Gasteiger partial charge in [0.1, 0.15) is 5.70 Å². The van der Waals surface area contributed by atoms with Crippen LogP contribution >= 0.6 is 0 Å². The van der Waals surface area contributed by atoms with E-state index < -0.39 is 39.7 Å². The number of fused-ring (bicyclic) bond motifs is 2. The number of ketones is 2. The Balaban J connectivity index is 1.57. The fourth-order valence-corrected chi connectivity index (χ4v) is 7.23. The van der Waals surface area contributed by atoms with Crippen LogP contribution in [0.2, 0.25) is 0 Å². The normalized spacial score (nSPS) is 40.5. The highest BCUT2D eigenvalue weighted by Gasteiger charge is 2.69. The maximum Gasteiger partial charge on any atom is 0.343 e. The Bertz CT molecular complexity index is 1060. The summed E-state index contributed by atoms with van der Waals surface area (Å²) in [6.45, 7) is 1.87. The molecule has 10 heteroatoms. The molecule has 6 rings (SSSR count). The molecule has 0 unspecified atom stereocenters. The minimum absolute atomic E-state index is 0.0738. The first-order valence-corrected chi connectivity index (χ1v) is 10.6. The van der Waals surface area contributed by atoms with E-state index in [1.54, 1.807) is 0 Å². The van der Waals surface area contributed by atoms with E-state index in [0.717, 1.165) is 19.5 Å². The molecule has 1 saturated carbocycles. The van der Waals surface area contributed by atoms with Gasteiger partial charge in [0.25, 0.3) is 0 Å². The van der Waals surface area contributed by atoms with Crippen molar-refractivity contribution in [1.29, 1.82) is 0 Å². The molecule has 162 valence electrons. The third-order valence-electron chi connectivity index (χ3n) is 8.26. The number of carboxylic acids is 1. The molecule has 0 aromatic carbocycles. The van der Waals surface area contributed by atoms with Crippen LogP contribution in [0.1, 0.15) is 19.3 Å². The number of carboxylic acid groups (broad SMARTS) is 1. The summed E-state index contributed by atoms with van der Waals surface area (Å²) in [5.41, 5.74) is 0.637. The van der Waals surface area contributed by atoms with Gasteiger partial charge in [-0.1, -0.05) is 11.6 Å². The summed E-state index contributed by atoms with van der Waals surface area (Å²) in [6.07, 6.45) is 4.09. The minimum Gasteiger partial charge on any atom is -0.481 e. The molecule has 1 spiro atoms. The molecule has 4 aliphatic heterocycles. The number of carbonyl (C=O) groups is 3. The van der Waals surface area contributed by atoms with E-state index in [0.29, 0.717) is 18.6 Å². The van der Waals surface area contributed by atoms with E-state index in [4.69, 9.17) is 4.74 Å². The zero-order chi connectivity index (χ0) is 21.7. The van der Waals surface area contributed by atoms with Crippen molar-refractivity contribution in [2.75, 3.05) is 19.7 Å². The fraction of sp³-hybridized carbons (Fsp3) is 0.571. The molecule has 4 heterocycles. The summed E-state index contributed by atoms with van der Waals surface area (Å²) in [4.78, 5) is 49.8. The number of Topliss-reactive ketones (excluding diaryl/α,β-unsaturated/α-hetero) is 1. The molecule has 3 saturated heterocycles. The smallest absolute Gasteiger partial charge is 0.343 e. The van der Waals surface area contributed by atoms with Gasteiger partial charge in [-0.2, -0.15) is 0 Å². The Morgan fingerprint density at radius 2 is 2.23 bits per heavy atom. The standard InChI is InChI=1S/C21H21N3O7/c25-12-6-11-17(18(19(12)28)24(29)30)22-20-16-10-5-14-21(11,20)2-3-23(14)8-9(10)1-4-31-13(16)7-15(26)27/h1,6,10,13-14,16,20,22H,2-5,7-8H2,(H,26,27)/t10-,13-,14+,16-,20-,21+/m0/s1. The van der Waals surface area contributed by atoms with Crippen LogP contribution in [0.5, 0.6) is 0 Å². The largest absolute Gasteiger partial charge is 0.481 e. The highest BCUT2D eigenvalue weighted by atomic mass is 16.6. The number of ether oxygens (including phenoxy) is 1. The number of hydrogen-bond donors (Lipinski definition) is 2. The number of hydrogen-bond acceptors (Lipinski definition) is 8. The molecule has 4 fully saturated rings. The van der Waals surface area contributed by atoms with E-state index in [1.165, 1.54) is 11.6 Å². The first-order valence-electron chi connectivity index (χ1n) is 10.6. The molecule has 2 aliphatic carbocycles. The third-order valence-corrected chi connectivity index (χ3v) is 8.26. The van der Waals surface area contributed by atoms with Crippen molar-refractivity contribution >= 4 is 17.5 Å². The number of piperidine rings is 1. The van der Waals surface area contributed by atoms with Gasteiger partial charge in [-0.3, -0.25) is 29.4 Å². The van der Waals surface area contributed by atoms with Crippen molar-refractivity contribution in [1.82, 2.24) is 10.2 Å². The molecule has 2 bridgehead atoms. The van der Waals surface area contributed by atoms with Gasteiger partial charge < -0.3 is 15.2 Å². The summed E-state index contributed by atoms with van der Waals surface area (Å²) in [7, 11) is 0. The Hall–Kier alpha value is -2.85. The van der Waals surface area contributed by atoms with E-state index in [9.17, 15) is 29.6 Å². The number of aliphatic carboxylic acids is 1. The molecule has 2 N–H and O–H groups in total. The number of rotatable bonds is 3. The Labute approximate surface area is 176 Å². The van der Waals surface area contributed by atoms with Gasteiger partial charge in [0.2, 0.25) is 5.78 Å². The second-order valence-corrected chi connectivity index (χ2v) is 9.30. The van der Waals surface area contributed by atoms with E-state index >= 15 is 0 Å². The van der Waals surface area contributed by atoms with Gasteiger partial charge in [0.15, 0.2) is 0 Å². The van der Waals surface area contributed by atoms with Crippen LogP contribution < -0.4 is 5.32 Å². The lowest BCUT2D eigenvalue weighted by atomic mass is 9.54. The highest BCUT2D eigenvalue weighted by Crippen LogP contribution is 2.64. The van der Waals surface area contributed by atoms with Crippen molar-refractivity contribution in [2.24, 2.45) is 17.3 Å². The highest BCUT2D eigenvalue weighted by molar-refractivity contribution is 6.48. The Morgan fingerprint density at radius 1 is 1.42 bits per heavy atom. The van der Waals surface area contributed by atoms with Crippen LogP contribution in [0, 0.1) is 27.4 Å². The van der Waals surface area contributed by atoms with Crippen molar-refractivity contribution in [3.8, 4) is 0 Å². The van der Waals surface area contributed by atoms with Crippen LogP contribution in [0.4, 0.5) is 0 Å². The first kappa shape index (κ1) is 18.9. The van der Waals surface area contributed by atoms with Crippen molar-refractivity contribution in [2.45, 2.75) is 37.5 Å². The van der Waals surface area contributed by atoms with E-state index in [-0.39, 0.29) is 36.0 Å². The number of nitrogens with one attached hydrogen (secondary N) is 1. The molecule has 0 aromatic rings. The maximum absolute atomic E-state index is 12.4. The number of allylic oxidation sites excluding steroid dienone is 3. The van der Waals surface area contributed by atoms with Crippen molar-refractivity contribution < 1.29 is 29.2 Å². The summed E-state index contributed by atoms with van der Waals surface area (Å²) >= 11 is 0. The molecule has 0 amide bonds. The molecular formula is C21H21N3O7. The van der Waals surface area contributed by atoms with Gasteiger partial charge >= 0.3 is 17.4 Å². The van der Waals surface area contributed by atoms with Crippen molar-refractivity contribution in [3.63, 3.8) is 0 Å². The summed E-state index contributed by atoms with van der Waals surface area (Å²) in [5, 5.41) is 24.6. The number of nitro groups is 1. The van der Waals surface area contributed by atoms with Crippen LogP contribution in [0.15, 0.2) is 34.7 Å². The molecule has 0 aromatic heterocycles. The average molecular weight is 427 g/mol. The monoisotopic (exact) mass is 427 g/mol. The summed E-state index contributed by atoms with van der Waals surface area (Å²) < 4.78 is 6.00. The van der Waals surface area contributed by atoms with Gasteiger partial charge in [0, 0.05) is 30.0 Å². The van der Waals surface area contributed by atoms with Crippen LogP contribution in [-0.2, 0) is 19.1 Å². The lowest BCUT2D eigenvalue weighted by molar-refractivity contribution is -0.419. The average Bonchev–Trinajstić information content (AvgIpc) is 3.18. The van der Waals surface area contributed by atoms with Crippen molar-refractivity contribution in [3.05, 3.63) is 44.8 Å². The quantitative estimate of drug-likeness (QED) is 0.210. The molecule has 31 heavy (non-hydrogen) atoms. The zero-order valence-electron chi connectivity index (χ0n) is 16.6. The number of carbonyl (C=O) groups excluding carboxylic acids is 2. The second-order valence-electron chi connectivity index (χ2n) is 9.30. The van der Waals surface area contributed by atoms with Crippen LogP contribution in [-0.4, -0.2) is 70.3 Å². The number of nitrogens with zero attached hydrogens (tertiary/aromatic N) is 2. The molecule has 6 aliphatic rings. The van der Waals surface area contributed by atoms with E-state index in [1.807, 2.05) is 0 Å². The third kappa shape index (κ3) is 2.26. The molecule has 10 nitrogen and oxygen atoms in total. The predicted octanol–water partition coefficient (Wildman–Crippen LogP) is 0.0350. The first-order chi connectivity index (χ1) is 14.8. The lowest BCUT2D eigenvalue weighted by Crippen LogP contribution is -2.63. The van der Waals surface area contributed by atoms with Gasteiger partial charge in [-0.15, -0.1) is 0 Å². The zero-order valence-corrected chi connectivity index (χ0v) is 16.6. The van der Waals surface area contributed by atoms with Gasteiger partial charge in [-0.25, -0.2) is 0 Å². The Morgan fingerprint density at radius 3 is 2.97 bits per heavy atom. The second kappa shape index (κ2) is 6.10. The predicted molar refractivity (Wildman–Crippen MR) is 103 cm³/mol. The maximum atomic E-state index is 12.4. The molecule has 0 radical (unpaired) electrons. The van der Waals surface area contributed by atoms with Gasteiger partial charge in [-0.05, 0) is 37.0 Å².